The van der Waals surface area contributed by atoms with Gasteiger partial charge in [0.05, 0.1) is 35.1 Å². The molecule has 0 aliphatic carbocycles. The van der Waals surface area contributed by atoms with E-state index in [1.54, 1.807) is 0 Å². The Morgan fingerprint density at radius 1 is 1.29 bits per heavy atom. The van der Waals surface area contributed by atoms with E-state index in [0.717, 1.165) is 29.3 Å². The summed E-state index contributed by atoms with van der Waals surface area (Å²) < 4.78 is 52.2. The maximum Gasteiger partial charge on any atom is 0.417 e. The van der Waals surface area contributed by atoms with Gasteiger partial charge in [0, 0.05) is 11.8 Å². The van der Waals surface area contributed by atoms with Gasteiger partial charge in [0.15, 0.2) is 6.10 Å². The summed E-state index contributed by atoms with van der Waals surface area (Å²) in [5.74, 6) is 3.98. The van der Waals surface area contributed by atoms with Crippen molar-refractivity contribution in [3.05, 3.63) is 53.3 Å². The number of hydrogen-bond acceptors (Lipinski definition) is 6. The van der Waals surface area contributed by atoms with E-state index >= 15 is 0 Å². The predicted molar refractivity (Wildman–Crippen MR) is 93.1 cm³/mol. The maximum absolute atomic E-state index is 13.3. The number of nitrogens with zero attached hydrogens (tertiary/aromatic N) is 2. The second-order valence-corrected chi connectivity index (χ2v) is 5.73. The number of rotatable bonds is 5. The molecule has 0 saturated heterocycles. The van der Waals surface area contributed by atoms with Gasteiger partial charge < -0.3 is 21.2 Å². The van der Waals surface area contributed by atoms with Gasteiger partial charge in [-0.2, -0.15) is 18.4 Å². The van der Waals surface area contributed by atoms with Crippen molar-refractivity contribution >= 4 is 23.0 Å². The van der Waals surface area contributed by atoms with Crippen LogP contribution in [0.4, 0.5) is 34.6 Å². The number of halogens is 4. The molecule has 11 heteroatoms. The Kier molecular flexibility index (Phi) is 6.07. The molecule has 0 radical (unpaired) electrons. The van der Waals surface area contributed by atoms with Gasteiger partial charge in [0.1, 0.15) is 5.82 Å². The number of carbonyl (C=O) groups excluding carboxylic acids is 1. The number of aliphatic hydroxyl groups excluding tert-OH is 1. The summed E-state index contributed by atoms with van der Waals surface area (Å²) in [6.45, 7) is -0.512. The first-order valence-electron chi connectivity index (χ1n) is 7.70. The molecule has 0 aliphatic heterocycles. The van der Waals surface area contributed by atoms with Crippen LogP contribution < -0.4 is 21.9 Å². The summed E-state index contributed by atoms with van der Waals surface area (Å²) >= 11 is 0. The van der Waals surface area contributed by atoms with Gasteiger partial charge in [-0.1, -0.05) is 0 Å². The molecule has 2 aromatic rings. The monoisotopic (exact) mass is 397 g/mol. The maximum atomic E-state index is 13.3. The van der Waals surface area contributed by atoms with Crippen molar-refractivity contribution in [3.63, 3.8) is 0 Å². The highest BCUT2D eigenvalue weighted by Crippen LogP contribution is 2.33. The number of nitrogen functional groups attached to an aromatic ring is 1. The number of hydrazine groups is 1. The first-order valence-corrected chi connectivity index (χ1v) is 7.70. The Hall–Kier alpha value is -3.36. The van der Waals surface area contributed by atoms with Crippen molar-refractivity contribution in [3.8, 4) is 6.07 Å². The SMILES string of the molecule is N#Cc1ccc(NC(=O)[C@@H](O)CN(N)c2cc(F)ccc2N)cc1C(F)(F)F. The molecule has 1 amide bonds. The summed E-state index contributed by atoms with van der Waals surface area (Å²) in [4.78, 5) is 12.1. The van der Waals surface area contributed by atoms with Crippen LogP contribution in [0.15, 0.2) is 36.4 Å². The first-order chi connectivity index (χ1) is 13.0. The van der Waals surface area contributed by atoms with Crippen LogP contribution in [0.5, 0.6) is 0 Å². The lowest BCUT2D eigenvalue weighted by Gasteiger charge is -2.23. The highest BCUT2D eigenvalue weighted by Gasteiger charge is 2.34. The summed E-state index contributed by atoms with van der Waals surface area (Å²) in [6.07, 6.45) is -6.56. The molecule has 0 aliphatic rings. The number of carbonyl (C=O) groups is 1. The Bertz CT molecular complexity index is 927. The van der Waals surface area contributed by atoms with Gasteiger partial charge in [0.25, 0.3) is 5.91 Å². The van der Waals surface area contributed by atoms with E-state index in [1.807, 2.05) is 0 Å². The van der Waals surface area contributed by atoms with Crippen LogP contribution in [0.3, 0.4) is 0 Å². The molecule has 0 unspecified atom stereocenters. The number of nitrogens with two attached hydrogens (primary N) is 2. The zero-order valence-electron chi connectivity index (χ0n) is 14.2. The van der Waals surface area contributed by atoms with Gasteiger partial charge >= 0.3 is 6.18 Å². The average molecular weight is 397 g/mol. The third-order valence-corrected chi connectivity index (χ3v) is 3.69. The third-order valence-electron chi connectivity index (χ3n) is 3.69. The van der Waals surface area contributed by atoms with Gasteiger partial charge in [-0.3, -0.25) is 4.79 Å². The van der Waals surface area contributed by atoms with Gasteiger partial charge in [-0.05, 0) is 30.3 Å². The lowest BCUT2D eigenvalue weighted by molar-refractivity contribution is -0.137. The molecule has 1 atom stereocenters. The van der Waals surface area contributed by atoms with E-state index in [9.17, 15) is 27.5 Å². The molecule has 0 aromatic heterocycles. The molecule has 0 heterocycles. The fraction of sp³-hybridized carbons (Fsp3) is 0.176. The molecular formula is C17H15F4N5O2. The van der Waals surface area contributed by atoms with Crippen molar-refractivity contribution in [1.82, 2.24) is 0 Å². The number of hydrogen-bond donors (Lipinski definition) is 4. The Morgan fingerprint density at radius 2 is 1.96 bits per heavy atom. The van der Waals surface area contributed by atoms with Crippen LogP contribution in [0.25, 0.3) is 0 Å². The molecular weight excluding hydrogens is 382 g/mol. The molecule has 7 nitrogen and oxygen atoms in total. The van der Waals surface area contributed by atoms with E-state index < -0.39 is 41.7 Å². The molecule has 0 fully saturated rings. The summed E-state index contributed by atoms with van der Waals surface area (Å²) in [5, 5.41) is 21.7. The van der Waals surface area contributed by atoms with Crippen LogP contribution in [0, 0.1) is 17.1 Å². The minimum atomic E-state index is -4.80. The molecule has 148 valence electrons. The van der Waals surface area contributed by atoms with Crippen molar-refractivity contribution < 1.29 is 27.5 Å². The van der Waals surface area contributed by atoms with Crippen LogP contribution in [0.1, 0.15) is 11.1 Å². The molecule has 2 rings (SSSR count). The van der Waals surface area contributed by atoms with Gasteiger partial charge in [0.2, 0.25) is 0 Å². The largest absolute Gasteiger partial charge is 0.417 e. The number of nitriles is 1. The lowest BCUT2D eigenvalue weighted by Crippen LogP contribution is -2.43. The standard InChI is InChI=1S/C17H15F4N5O2/c18-10-2-4-13(23)14(5-10)26(24)8-15(27)16(28)25-11-3-1-9(7-22)12(6-11)17(19,20)21/h1-6,15,27H,8,23-24H2,(H,25,28)/t15-/m0/s1. The molecule has 0 spiro atoms. The highest BCUT2D eigenvalue weighted by atomic mass is 19.4. The van der Waals surface area contributed by atoms with Crippen molar-refractivity contribution in [2.24, 2.45) is 5.84 Å². The zero-order chi connectivity index (χ0) is 21.1. The molecule has 6 N–H and O–H groups in total. The topological polar surface area (TPSA) is 128 Å². The highest BCUT2D eigenvalue weighted by molar-refractivity contribution is 5.94. The Labute approximate surface area is 156 Å². The van der Waals surface area contributed by atoms with Crippen molar-refractivity contribution in [1.29, 1.82) is 5.26 Å². The van der Waals surface area contributed by atoms with Crippen LogP contribution in [0.2, 0.25) is 0 Å². The van der Waals surface area contributed by atoms with E-state index in [2.05, 4.69) is 5.32 Å². The third kappa shape index (κ3) is 4.87. The summed E-state index contributed by atoms with van der Waals surface area (Å²) in [7, 11) is 0. The van der Waals surface area contributed by atoms with E-state index in [4.69, 9.17) is 16.8 Å². The number of anilines is 3. The summed E-state index contributed by atoms with van der Waals surface area (Å²) in [5.41, 5.74) is 3.65. The van der Waals surface area contributed by atoms with E-state index in [1.165, 1.54) is 12.1 Å². The van der Waals surface area contributed by atoms with Crippen molar-refractivity contribution in [2.45, 2.75) is 12.3 Å². The predicted octanol–water partition coefficient (Wildman–Crippen LogP) is 1.98. The van der Waals surface area contributed by atoms with Gasteiger partial charge in [-0.25, -0.2) is 10.2 Å². The minimum Gasteiger partial charge on any atom is -0.397 e. The second kappa shape index (κ2) is 8.12. The van der Waals surface area contributed by atoms with E-state index in [-0.39, 0.29) is 17.1 Å². The van der Waals surface area contributed by atoms with Gasteiger partial charge in [-0.15, -0.1) is 0 Å². The Morgan fingerprint density at radius 3 is 2.57 bits per heavy atom. The normalized spacial score (nSPS) is 12.2. The zero-order valence-corrected chi connectivity index (χ0v) is 14.2. The first kappa shape index (κ1) is 20.9. The van der Waals surface area contributed by atoms with Crippen LogP contribution in [-0.4, -0.2) is 23.7 Å². The smallest absolute Gasteiger partial charge is 0.397 e. The quantitative estimate of drug-likeness (QED) is 0.264. The lowest BCUT2D eigenvalue weighted by atomic mass is 10.1. The number of amides is 1. The second-order valence-electron chi connectivity index (χ2n) is 5.73. The fourth-order valence-electron chi connectivity index (χ4n) is 2.31. The molecule has 28 heavy (non-hydrogen) atoms. The molecule has 0 saturated carbocycles. The van der Waals surface area contributed by atoms with Crippen LogP contribution in [-0.2, 0) is 11.0 Å². The Balaban J connectivity index is 2.12. The minimum absolute atomic E-state index is 0.0181. The van der Waals surface area contributed by atoms with Crippen LogP contribution >= 0.6 is 0 Å². The number of nitrogens with one attached hydrogen (secondary N) is 1. The van der Waals surface area contributed by atoms with E-state index in [0.29, 0.717) is 6.07 Å². The fourth-order valence-corrected chi connectivity index (χ4v) is 2.31. The van der Waals surface area contributed by atoms with Crippen molar-refractivity contribution in [2.75, 3.05) is 22.6 Å². The summed E-state index contributed by atoms with van der Waals surface area (Å²) in [6, 6.07) is 7.31. The molecule has 0 bridgehead atoms. The number of alkyl halides is 3. The number of benzene rings is 2. The average Bonchev–Trinajstić information content (AvgIpc) is 2.62. The number of aliphatic hydroxyl groups is 1. The molecule has 2 aromatic carbocycles.